The van der Waals surface area contributed by atoms with Crippen molar-refractivity contribution in [3.8, 4) is 0 Å². The Morgan fingerprint density at radius 2 is 1.49 bits per heavy atom. The number of hydrogen-bond donors (Lipinski definition) is 3. The van der Waals surface area contributed by atoms with Gasteiger partial charge in [-0.25, -0.2) is 22.0 Å². The Kier molecular flexibility index (Phi) is 9.60. The van der Waals surface area contributed by atoms with E-state index in [0.717, 1.165) is 0 Å². The number of hydrogen-bond acceptors (Lipinski definition) is 6. The van der Waals surface area contributed by atoms with E-state index in [9.17, 15) is 26.7 Å². The fourth-order valence-electron chi connectivity index (χ4n) is 4.26. The summed E-state index contributed by atoms with van der Waals surface area (Å²) in [6.45, 7) is 4.94. The molecule has 9 nitrogen and oxygen atoms in total. The molecule has 0 saturated heterocycles. The van der Waals surface area contributed by atoms with Crippen LogP contribution in [0.5, 0.6) is 0 Å². The first-order chi connectivity index (χ1) is 16.2. The number of rotatable bonds is 13. The zero-order valence-corrected chi connectivity index (χ0v) is 21.9. The third kappa shape index (κ3) is 7.58. The van der Waals surface area contributed by atoms with Gasteiger partial charge in [0.25, 0.3) is 0 Å². The number of carbonyl (C=O) groups excluding carboxylic acids is 1. The Morgan fingerprint density at radius 3 is 1.94 bits per heavy atom. The van der Waals surface area contributed by atoms with E-state index in [2.05, 4.69) is 0 Å². The summed E-state index contributed by atoms with van der Waals surface area (Å²) in [6, 6.07) is 16.5. The van der Waals surface area contributed by atoms with Gasteiger partial charge in [0.2, 0.25) is 26.0 Å². The lowest BCUT2D eigenvalue weighted by Gasteiger charge is -2.38. The fraction of sp³-hybridized carbons (Fsp3) is 0.458. The van der Waals surface area contributed by atoms with E-state index in [0.29, 0.717) is 5.56 Å². The molecular weight excluding hydrogens is 490 g/mol. The van der Waals surface area contributed by atoms with Crippen LogP contribution in [0.2, 0.25) is 0 Å². The second-order valence-corrected chi connectivity index (χ2v) is 12.9. The molecule has 194 valence electrons. The van der Waals surface area contributed by atoms with Gasteiger partial charge in [-0.1, -0.05) is 69.3 Å². The summed E-state index contributed by atoms with van der Waals surface area (Å²) in [5.41, 5.74) is 3.93. The van der Waals surface area contributed by atoms with E-state index in [-0.39, 0.29) is 36.7 Å². The third-order valence-corrected chi connectivity index (χ3v) is 9.32. The molecule has 0 aromatic heterocycles. The predicted octanol–water partition coefficient (Wildman–Crippen LogP) is 1.48. The van der Waals surface area contributed by atoms with Crippen molar-refractivity contribution in [3.63, 3.8) is 0 Å². The Balaban J connectivity index is 2.53. The van der Waals surface area contributed by atoms with Gasteiger partial charge in [-0.15, -0.1) is 0 Å². The molecule has 3 atom stereocenters. The smallest absolute Gasteiger partial charge is 0.243 e. The maximum Gasteiger partial charge on any atom is 0.243 e. The molecule has 0 spiro atoms. The summed E-state index contributed by atoms with van der Waals surface area (Å²) in [5, 5.41) is 15.6. The van der Waals surface area contributed by atoms with Crippen molar-refractivity contribution in [1.29, 1.82) is 0 Å². The third-order valence-electron chi connectivity index (χ3n) is 5.88. The zero-order chi connectivity index (χ0) is 26.4. The van der Waals surface area contributed by atoms with Gasteiger partial charge in [-0.2, -0.15) is 4.31 Å². The number of nitrogens with zero attached hydrogens (tertiary/aromatic N) is 1. The van der Waals surface area contributed by atoms with Gasteiger partial charge in [0.15, 0.2) is 0 Å². The van der Waals surface area contributed by atoms with Gasteiger partial charge in [0.1, 0.15) is 5.25 Å². The number of sulfonamides is 2. The normalized spacial score (nSPS) is 16.1. The van der Waals surface area contributed by atoms with Crippen LogP contribution in [0, 0.1) is 11.8 Å². The topological polar surface area (TPSA) is 161 Å². The van der Waals surface area contributed by atoms with Crippen LogP contribution in [-0.2, 0) is 31.3 Å². The zero-order valence-electron chi connectivity index (χ0n) is 20.2. The average Bonchev–Trinajstić information content (AvgIpc) is 2.76. The number of primary sulfonamides is 1. The van der Waals surface area contributed by atoms with Crippen molar-refractivity contribution in [3.05, 3.63) is 66.2 Å². The minimum atomic E-state index is -4.46. The van der Waals surface area contributed by atoms with E-state index in [1.807, 2.05) is 13.8 Å². The molecular formula is C24H35N3O6S2. The Morgan fingerprint density at radius 1 is 0.971 bits per heavy atom. The highest BCUT2D eigenvalue weighted by Crippen LogP contribution is 2.32. The second-order valence-electron chi connectivity index (χ2n) is 9.29. The van der Waals surface area contributed by atoms with Crippen molar-refractivity contribution >= 4 is 26.0 Å². The Hall–Kier alpha value is -2.31. The summed E-state index contributed by atoms with van der Waals surface area (Å²) < 4.78 is 53.2. The summed E-state index contributed by atoms with van der Waals surface area (Å²) >= 11 is 0. The molecule has 2 unspecified atom stereocenters. The number of amides is 1. The van der Waals surface area contributed by atoms with Gasteiger partial charge in [-0.05, 0) is 30.0 Å². The molecule has 5 N–H and O–H groups in total. The summed E-state index contributed by atoms with van der Waals surface area (Å²) in [7, 11) is -8.40. The van der Waals surface area contributed by atoms with Crippen LogP contribution < -0.4 is 10.9 Å². The van der Waals surface area contributed by atoms with Gasteiger partial charge in [0.05, 0.1) is 16.4 Å². The number of nitrogens with two attached hydrogens (primary N) is 2. The maximum atomic E-state index is 13.4. The lowest BCUT2D eigenvalue weighted by Crippen LogP contribution is -2.58. The predicted molar refractivity (Wildman–Crippen MR) is 135 cm³/mol. The second kappa shape index (κ2) is 11.6. The minimum absolute atomic E-state index is 0.0470. The first kappa shape index (κ1) is 28.9. The molecule has 2 aromatic rings. The van der Waals surface area contributed by atoms with Crippen molar-refractivity contribution in [2.45, 2.75) is 49.4 Å². The molecule has 0 bridgehead atoms. The van der Waals surface area contributed by atoms with Gasteiger partial charge >= 0.3 is 0 Å². The van der Waals surface area contributed by atoms with E-state index >= 15 is 0 Å². The van der Waals surface area contributed by atoms with Gasteiger partial charge in [0, 0.05) is 19.5 Å². The molecule has 0 heterocycles. The van der Waals surface area contributed by atoms with Gasteiger partial charge in [-0.3, -0.25) is 4.79 Å². The summed E-state index contributed by atoms with van der Waals surface area (Å²) in [6.07, 6.45) is -0.465. The molecule has 0 aliphatic heterocycles. The largest absolute Gasteiger partial charge is 0.388 e. The molecule has 2 aromatic carbocycles. The fourth-order valence-corrected chi connectivity index (χ4v) is 7.40. The molecule has 0 fully saturated rings. The van der Waals surface area contributed by atoms with Crippen LogP contribution in [0.3, 0.4) is 0 Å². The van der Waals surface area contributed by atoms with Crippen molar-refractivity contribution < 1.29 is 26.7 Å². The van der Waals surface area contributed by atoms with Crippen molar-refractivity contribution in [1.82, 2.24) is 4.31 Å². The lowest BCUT2D eigenvalue weighted by molar-refractivity contribution is -0.123. The SMILES string of the molecule is CC(C)CN(CC[C@](O)(Cc1ccccc1)C(C(C)C(N)=O)S(N)(=O)=O)S(=O)(=O)c1ccccc1. The van der Waals surface area contributed by atoms with Crippen molar-refractivity contribution in [2.24, 2.45) is 22.7 Å². The maximum absolute atomic E-state index is 13.4. The number of carbonyl (C=O) groups is 1. The molecule has 0 aliphatic carbocycles. The van der Waals surface area contributed by atoms with Crippen LogP contribution >= 0.6 is 0 Å². The summed E-state index contributed by atoms with van der Waals surface area (Å²) in [4.78, 5) is 12.1. The van der Waals surface area contributed by atoms with Crippen LogP contribution in [0.1, 0.15) is 32.8 Å². The molecule has 11 heteroatoms. The molecule has 0 radical (unpaired) electrons. The quantitative estimate of drug-likeness (QED) is 0.359. The summed E-state index contributed by atoms with van der Waals surface area (Å²) in [5.74, 6) is -2.30. The van der Waals surface area contributed by atoms with Crippen LogP contribution in [0.4, 0.5) is 0 Å². The number of aliphatic hydroxyl groups is 1. The first-order valence-electron chi connectivity index (χ1n) is 11.3. The van der Waals surface area contributed by atoms with Crippen LogP contribution in [0.15, 0.2) is 65.6 Å². The van der Waals surface area contributed by atoms with Crippen molar-refractivity contribution in [2.75, 3.05) is 13.1 Å². The lowest BCUT2D eigenvalue weighted by atomic mass is 9.82. The molecule has 35 heavy (non-hydrogen) atoms. The van der Waals surface area contributed by atoms with Crippen LogP contribution in [-0.4, -0.2) is 56.1 Å². The molecule has 2 rings (SSSR count). The van der Waals surface area contributed by atoms with Crippen LogP contribution in [0.25, 0.3) is 0 Å². The first-order valence-corrected chi connectivity index (χ1v) is 14.4. The standard InChI is InChI=1S/C24H35N3O6S2/c1-18(2)17-27(35(32,33)21-12-8-5-9-13-21)15-14-24(29,16-20-10-6-4-7-11-20)22(34(26,30)31)19(3)23(25)28/h4-13,18-19,22,29H,14-17H2,1-3H3,(H2,25,28)(H2,26,30,31)/t19?,22?,24-/m0/s1. The highest BCUT2D eigenvalue weighted by Gasteiger charge is 2.49. The monoisotopic (exact) mass is 525 g/mol. The highest BCUT2D eigenvalue weighted by atomic mass is 32.2. The molecule has 0 saturated carbocycles. The highest BCUT2D eigenvalue weighted by molar-refractivity contribution is 7.90. The van der Waals surface area contributed by atoms with E-state index in [4.69, 9.17) is 10.9 Å². The minimum Gasteiger partial charge on any atom is -0.388 e. The number of benzene rings is 2. The molecule has 0 aliphatic rings. The Labute approximate surface area is 208 Å². The average molecular weight is 526 g/mol. The molecule has 1 amide bonds. The van der Waals surface area contributed by atoms with E-state index < -0.39 is 42.7 Å². The van der Waals surface area contributed by atoms with Gasteiger partial charge < -0.3 is 10.8 Å². The number of primary amides is 1. The van der Waals surface area contributed by atoms with E-state index in [1.54, 1.807) is 48.5 Å². The Bertz CT molecular complexity index is 1190. The van der Waals surface area contributed by atoms with E-state index in [1.165, 1.54) is 23.4 Å².